The molecule has 0 spiro atoms. The van der Waals surface area contributed by atoms with Gasteiger partial charge in [-0.3, -0.25) is 4.79 Å². The van der Waals surface area contributed by atoms with Crippen LogP contribution in [0.25, 0.3) is 6.08 Å². The lowest BCUT2D eigenvalue weighted by Crippen LogP contribution is -2.20. The first-order chi connectivity index (χ1) is 12.1. The summed E-state index contributed by atoms with van der Waals surface area (Å²) in [6.07, 6.45) is 3.98. The summed E-state index contributed by atoms with van der Waals surface area (Å²) >= 11 is 0. The Morgan fingerprint density at radius 2 is 2.00 bits per heavy atom. The average molecular weight is 343 g/mol. The highest BCUT2D eigenvalue weighted by Gasteiger charge is 2.05. The van der Waals surface area contributed by atoms with Crippen molar-refractivity contribution in [1.29, 1.82) is 0 Å². The fourth-order valence-corrected chi connectivity index (χ4v) is 2.17. The molecule has 2 aromatic carbocycles. The maximum absolute atomic E-state index is 13.5. The highest BCUT2D eigenvalue weighted by Crippen LogP contribution is 2.28. The van der Waals surface area contributed by atoms with Crippen LogP contribution in [0.3, 0.4) is 0 Å². The van der Waals surface area contributed by atoms with Gasteiger partial charge in [-0.2, -0.15) is 0 Å². The summed E-state index contributed by atoms with van der Waals surface area (Å²) in [7, 11) is 1.57. The molecule has 0 fully saturated rings. The minimum atomic E-state index is -0.334. The molecule has 2 rings (SSSR count). The largest absolute Gasteiger partial charge is 0.493 e. The van der Waals surface area contributed by atoms with E-state index < -0.39 is 0 Å². The van der Waals surface area contributed by atoms with Gasteiger partial charge in [-0.25, -0.2) is 4.39 Å². The highest BCUT2D eigenvalue weighted by atomic mass is 19.1. The van der Waals surface area contributed by atoms with Gasteiger partial charge in [0.25, 0.3) is 0 Å². The second-order valence-corrected chi connectivity index (χ2v) is 5.40. The number of carbonyl (C=O) groups is 1. The minimum absolute atomic E-state index is 0.142. The molecule has 1 N–H and O–H groups in total. The summed E-state index contributed by atoms with van der Waals surface area (Å²) in [6, 6.07) is 11.8. The summed E-state index contributed by atoms with van der Waals surface area (Å²) in [4.78, 5) is 11.9. The van der Waals surface area contributed by atoms with Gasteiger partial charge >= 0.3 is 0 Å². The van der Waals surface area contributed by atoms with Crippen molar-refractivity contribution in [3.05, 3.63) is 65.5 Å². The van der Waals surface area contributed by atoms with Gasteiger partial charge < -0.3 is 14.8 Å². The third-order valence-corrected chi connectivity index (χ3v) is 3.49. The number of ether oxygens (including phenoxy) is 2. The molecule has 1 amide bonds. The number of rotatable bonds is 8. The predicted molar refractivity (Wildman–Crippen MR) is 96.1 cm³/mol. The molecule has 0 saturated carbocycles. The number of nitrogens with one attached hydrogen (secondary N) is 1. The molecule has 2 aromatic rings. The normalized spacial score (nSPS) is 10.7. The zero-order valence-corrected chi connectivity index (χ0v) is 14.4. The summed E-state index contributed by atoms with van der Waals surface area (Å²) in [5, 5.41) is 2.66. The standard InChI is InChI=1S/C20H22FNO3/c1-3-12-25-18-10-8-15(13-19(18)24-2)9-11-20(23)22-14-16-6-4-5-7-17(16)21/h4-11,13H,3,12,14H2,1-2H3,(H,22,23)/b11-9+. The van der Waals surface area contributed by atoms with E-state index in [2.05, 4.69) is 5.32 Å². The first-order valence-corrected chi connectivity index (χ1v) is 8.14. The Morgan fingerprint density at radius 3 is 2.72 bits per heavy atom. The topological polar surface area (TPSA) is 47.6 Å². The Hall–Kier alpha value is -2.82. The minimum Gasteiger partial charge on any atom is -0.493 e. The number of carbonyl (C=O) groups excluding carboxylic acids is 1. The summed E-state index contributed by atoms with van der Waals surface area (Å²) in [6.45, 7) is 2.79. The van der Waals surface area contributed by atoms with Crippen molar-refractivity contribution >= 4 is 12.0 Å². The SMILES string of the molecule is CCCOc1ccc(/C=C/C(=O)NCc2ccccc2F)cc1OC. The first-order valence-electron chi connectivity index (χ1n) is 8.14. The van der Waals surface area contributed by atoms with E-state index in [1.165, 1.54) is 12.1 Å². The van der Waals surface area contributed by atoms with Crippen molar-refractivity contribution in [3.8, 4) is 11.5 Å². The molecule has 0 atom stereocenters. The van der Waals surface area contributed by atoms with E-state index >= 15 is 0 Å². The Kier molecular flexibility index (Phi) is 7.01. The lowest BCUT2D eigenvalue weighted by Gasteiger charge is -2.10. The van der Waals surface area contributed by atoms with Crippen LogP contribution < -0.4 is 14.8 Å². The van der Waals surface area contributed by atoms with Crippen LogP contribution in [0.4, 0.5) is 4.39 Å². The first kappa shape index (κ1) is 18.5. The molecule has 0 bridgehead atoms. The molecule has 25 heavy (non-hydrogen) atoms. The molecule has 0 aromatic heterocycles. The Morgan fingerprint density at radius 1 is 1.20 bits per heavy atom. The van der Waals surface area contributed by atoms with Crippen molar-refractivity contribution in [2.45, 2.75) is 19.9 Å². The molecule has 5 heteroatoms. The smallest absolute Gasteiger partial charge is 0.244 e. The van der Waals surface area contributed by atoms with Gasteiger partial charge in [-0.05, 0) is 36.3 Å². The summed E-state index contributed by atoms with van der Waals surface area (Å²) < 4.78 is 24.4. The van der Waals surface area contributed by atoms with Gasteiger partial charge in [0.05, 0.1) is 13.7 Å². The lowest BCUT2D eigenvalue weighted by molar-refractivity contribution is -0.116. The molecule has 0 heterocycles. The van der Waals surface area contributed by atoms with Crippen LogP contribution in [0.5, 0.6) is 11.5 Å². The van der Waals surface area contributed by atoms with Crippen molar-refractivity contribution in [3.63, 3.8) is 0 Å². The van der Waals surface area contributed by atoms with Crippen molar-refractivity contribution < 1.29 is 18.7 Å². The van der Waals surface area contributed by atoms with Crippen LogP contribution >= 0.6 is 0 Å². The van der Waals surface area contributed by atoms with Crippen molar-refractivity contribution in [2.75, 3.05) is 13.7 Å². The lowest BCUT2D eigenvalue weighted by atomic mass is 10.2. The zero-order valence-electron chi connectivity index (χ0n) is 14.4. The van der Waals surface area contributed by atoms with Gasteiger partial charge in [-0.1, -0.05) is 31.2 Å². The second kappa shape index (κ2) is 9.47. The third kappa shape index (κ3) is 5.64. The molecule has 0 aliphatic carbocycles. The molecule has 0 unspecified atom stereocenters. The molecule has 4 nitrogen and oxygen atoms in total. The van der Waals surface area contributed by atoms with E-state index in [4.69, 9.17) is 9.47 Å². The van der Waals surface area contributed by atoms with Crippen LogP contribution in [-0.4, -0.2) is 19.6 Å². The fourth-order valence-electron chi connectivity index (χ4n) is 2.17. The van der Waals surface area contributed by atoms with Gasteiger partial charge in [0, 0.05) is 18.2 Å². The van der Waals surface area contributed by atoms with E-state index in [0.29, 0.717) is 23.7 Å². The number of methoxy groups -OCH3 is 1. The predicted octanol–water partition coefficient (Wildman–Crippen LogP) is 3.95. The molecular weight excluding hydrogens is 321 g/mol. The van der Waals surface area contributed by atoms with E-state index in [0.717, 1.165) is 12.0 Å². The van der Waals surface area contributed by atoms with Crippen LogP contribution in [0, 0.1) is 5.82 Å². The number of halogens is 1. The number of hydrogen-bond donors (Lipinski definition) is 1. The molecule has 0 radical (unpaired) electrons. The van der Waals surface area contributed by atoms with Crippen LogP contribution in [-0.2, 0) is 11.3 Å². The van der Waals surface area contributed by atoms with E-state index in [-0.39, 0.29) is 18.3 Å². The number of hydrogen-bond acceptors (Lipinski definition) is 3. The highest BCUT2D eigenvalue weighted by molar-refractivity contribution is 5.91. The average Bonchev–Trinajstić information content (AvgIpc) is 2.64. The molecule has 132 valence electrons. The zero-order chi connectivity index (χ0) is 18.1. The van der Waals surface area contributed by atoms with Gasteiger partial charge in [-0.15, -0.1) is 0 Å². The Bertz CT molecular complexity index is 743. The van der Waals surface area contributed by atoms with Crippen molar-refractivity contribution in [1.82, 2.24) is 5.32 Å². The fraction of sp³-hybridized carbons (Fsp3) is 0.250. The maximum Gasteiger partial charge on any atom is 0.244 e. The molecular formula is C20H22FNO3. The van der Waals surface area contributed by atoms with Crippen LogP contribution in [0.15, 0.2) is 48.5 Å². The summed E-state index contributed by atoms with van der Waals surface area (Å²) in [5.74, 6) is 0.653. The quantitative estimate of drug-likeness (QED) is 0.738. The van der Waals surface area contributed by atoms with E-state index in [1.54, 1.807) is 37.5 Å². The van der Waals surface area contributed by atoms with Crippen LogP contribution in [0.2, 0.25) is 0 Å². The third-order valence-electron chi connectivity index (χ3n) is 3.49. The molecule has 0 saturated heterocycles. The van der Waals surface area contributed by atoms with Crippen LogP contribution in [0.1, 0.15) is 24.5 Å². The van der Waals surface area contributed by atoms with Gasteiger partial charge in [0.1, 0.15) is 5.82 Å². The van der Waals surface area contributed by atoms with E-state index in [1.807, 2.05) is 19.1 Å². The molecule has 0 aliphatic heterocycles. The monoisotopic (exact) mass is 343 g/mol. The summed E-state index contributed by atoms with van der Waals surface area (Å²) in [5.41, 5.74) is 1.25. The number of benzene rings is 2. The Labute approximate surface area is 147 Å². The number of amides is 1. The van der Waals surface area contributed by atoms with Gasteiger partial charge in [0.2, 0.25) is 5.91 Å². The molecule has 0 aliphatic rings. The van der Waals surface area contributed by atoms with E-state index in [9.17, 15) is 9.18 Å². The van der Waals surface area contributed by atoms with Gasteiger partial charge in [0.15, 0.2) is 11.5 Å². The Balaban J connectivity index is 1.96. The van der Waals surface area contributed by atoms with Crippen molar-refractivity contribution in [2.24, 2.45) is 0 Å². The second-order valence-electron chi connectivity index (χ2n) is 5.40. The maximum atomic E-state index is 13.5.